The summed E-state index contributed by atoms with van der Waals surface area (Å²) < 4.78 is 84.7. The second kappa shape index (κ2) is 8.13. The third-order valence-electron chi connectivity index (χ3n) is 3.91. The van der Waals surface area contributed by atoms with E-state index in [1.54, 1.807) is 6.07 Å². The first-order chi connectivity index (χ1) is 14.1. The van der Waals surface area contributed by atoms with Gasteiger partial charge in [-0.25, -0.2) is 30.4 Å². The molecular formula is C18H13F2NO6S3. The summed E-state index contributed by atoms with van der Waals surface area (Å²) in [6, 6.07) is 9.01. The van der Waals surface area contributed by atoms with Gasteiger partial charge in [0.1, 0.15) is 9.77 Å². The molecule has 1 N–H and O–H groups in total. The molecule has 0 radical (unpaired) electrons. The van der Waals surface area contributed by atoms with Crippen molar-refractivity contribution in [1.29, 1.82) is 0 Å². The number of carbonyl (C=O) groups excluding carboxylic acids is 1. The second-order valence-corrected chi connectivity index (χ2v) is 10.3. The van der Waals surface area contributed by atoms with Gasteiger partial charge in [0.2, 0.25) is 9.84 Å². The Balaban J connectivity index is 2.16. The number of halogens is 2. The molecule has 3 rings (SSSR count). The molecule has 0 aliphatic carbocycles. The van der Waals surface area contributed by atoms with E-state index < -0.39 is 52.9 Å². The summed E-state index contributed by atoms with van der Waals surface area (Å²) in [5, 5.41) is 1.09. The first-order valence-electron chi connectivity index (χ1n) is 8.05. The van der Waals surface area contributed by atoms with E-state index in [9.17, 15) is 30.4 Å². The fourth-order valence-corrected chi connectivity index (χ4v) is 6.38. The fraction of sp³-hybridized carbons (Fsp3) is 0.0556. The Morgan fingerprint density at radius 1 is 0.967 bits per heavy atom. The highest BCUT2D eigenvalue weighted by Crippen LogP contribution is 2.37. The maximum absolute atomic E-state index is 13.5. The van der Waals surface area contributed by atoms with E-state index in [0.717, 1.165) is 18.6 Å². The number of sulfonamides is 1. The number of nitrogens with one attached hydrogen (secondary N) is 1. The van der Waals surface area contributed by atoms with Crippen molar-refractivity contribution in [2.24, 2.45) is 0 Å². The largest absolute Gasteiger partial charge is 0.465 e. The summed E-state index contributed by atoms with van der Waals surface area (Å²) in [7, 11) is -7.75. The highest BCUT2D eigenvalue weighted by atomic mass is 32.2. The summed E-state index contributed by atoms with van der Waals surface area (Å²) in [5.74, 6) is -3.64. The van der Waals surface area contributed by atoms with Crippen molar-refractivity contribution in [2.45, 2.75) is 14.7 Å². The molecule has 7 nitrogen and oxygen atoms in total. The zero-order valence-electron chi connectivity index (χ0n) is 15.1. The van der Waals surface area contributed by atoms with Gasteiger partial charge in [-0.05, 0) is 30.3 Å². The summed E-state index contributed by atoms with van der Waals surface area (Å²) in [6.07, 6.45) is 0. The molecule has 1 heterocycles. The van der Waals surface area contributed by atoms with Gasteiger partial charge in [0, 0.05) is 5.38 Å². The Morgan fingerprint density at radius 2 is 1.63 bits per heavy atom. The lowest BCUT2D eigenvalue weighted by Crippen LogP contribution is -2.17. The minimum atomic E-state index is -4.57. The molecule has 30 heavy (non-hydrogen) atoms. The Hall–Kier alpha value is -2.83. The lowest BCUT2D eigenvalue weighted by atomic mass is 10.3. The van der Waals surface area contributed by atoms with Gasteiger partial charge in [-0.15, -0.1) is 11.3 Å². The van der Waals surface area contributed by atoms with Gasteiger partial charge in [0.05, 0.1) is 22.6 Å². The molecule has 0 saturated carbocycles. The number of rotatable bonds is 6. The number of esters is 1. The number of anilines is 1. The molecule has 0 amide bonds. The smallest absolute Gasteiger partial charge is 0.350 e. The van der Waals surface area contributed by atoms with Gasteiger partial charge in [0.25, 0.3) is 10.0 Å². The molecule has 0 unspecified atom stereocenters. The van der Waals surface area contributed by atoms with Crippen LogP contribution in [0.1, 0.15) is 9.67 Å². The quantitative estimate of drug-likeness (QED) is 0.550. The number of sulfone groups is 1. The van der Waals surface area contributed by atoms with Crippen molar-refractivity contribution >= 4 is 42.9 Å². The van der Waals surface area contributed by atoms with E-state index in [1.807, 2.05) is 4.72 Å². The van der Waals surface area contributed by atoms with Gasteiger partial charge in [0.15, 0.2) is 11.6 Å². The van der Waals surface area contributed by atoms with E-state index in [4.69, 9.17) is 0 Å². The Kier molecular flexibility index (Phi) is 5.92. The summed E-state index contributed by atoms with van der Waals surface area (Å²) in [6.45, 7) is 0. The van der Waals surface area contributed by atoms with E-state index in [1.165, 1.54) is 24.3 Å². The lowest BCUT2D eigenvalue weighted by molar-refractivity contribution is 0.0607. The minimum Gasteiger partial charge on any atom is -0.465 e. The van der Waals surface area contributed by atoms with Gasteiger partial charge in [-0.3, -0.25) is 4.72 Å². The number of thiophene rings is 1. The summed E-state index contributed by atoms with van der Waals surface area (Å²) >= 11 is 0.657. The molecular weight excluding hydrogens is 460 g/mol. The number of benzene rings is 2. The van der Waals surface area contributed by atoms with Crippen LogP contribution in [0.3, 0.4) is 0 Å². The zero-order valence-corrected chi connectivity index (χ0v) is 17.6. The average Bonchev–Trinajstić information content (AvgIpc) is 3.13. The monoisotopic (exact) mass is 473 g/mol. The standard InChI is InChI=1S/C18H13F2NO6S3/c1-27-18(22)17-16(21-30(25,26)12-7-8-13(19)14(20)9-12)15(10-28-17)29(23,24)11-5-3-2-4-6-11/h2-10,21H,1H3. The van der Waals surface area contributed by atoms with Crippen LogP contribution in [0.4, 0.5) is 14.5 Å². The third-order valence-corrected chi connectivity index (χ3v) is 8.16. The second-order valence-electron chi connectivity index (χ2n) is 5.79. The molecule has 158 valence electrons. The van der Waals surface area contributed by atoms with Crippen LogP contribution in [0.15, 0.2) is 68.6 Å². The van der Waals surface area contributed by atoms with E-state index in [-0.39, 0.29) is 9.77 Å². The number of carbonyl (C=O) groups is 1. The number of hydrogen-bond acceptors (Lipinski definition) is 7. The molecule has 0 spiro atoms. The highest BCUT2D eigenvalue weighted by Gasteiger charge is 2.31. The van der Waals surface area contributed by atoms with Crippen molar-refractivity contribution in [3.63, 3.8) is 0 Å². The molecule has 0 aliphatic heterocycles. The van der Waals surface area contributed by atoms with Crippen LogP contribution >= 0.6 is 11.3 Å². The Morgan fingerprint density at radius 3 is 2.23 bits per heavy atom. The molecule has 0 saturated heterocycles. The molecule has 0 aliphatic rings. The zero-order chi connectivity index (χ0) is 22.1. The molecule has 2 aromatic carbocycles. The normalized spacial score (nSPS) is 11.8. The maximum Gasteiger partial charge on any atom is 0.350 e. The van der Waals surface area contributed by atoms with Gasteiger partial charge in [-0.1, -0.05) is 18.2 Å². The Labute approximate surface area is 174 Å². The Bertz CT molecular complexity index is 1320. The SMILES string of the molecule is COC(=O)c1scc(S(=O)(=O)c2ccccc2)c1NS(=O)(=O)c1ccc(F)c(F)c1. The maximum atomic E-state index is 13.5. The predicted molar refractivity (Wildman–Crippen MR) is 105 cm³/mol. The lowest BCUT2D eigenvalue weighted by Gasteiger charge is -2.12. The van der Waals surface area contributed by atoms with Gasteiger partial charge in [-0.2, -0.15) is 0 Å². The van der Waals surface area contributed by atoms with Crippen LogP contribution in [0.25, 0.3) is 0 Å². The van der Waals surface area contributed by atoms with Crippen molar-refractivity contribution in [2.75, 3.05) is 11.8 Å². The third kappa shape index (κ3) is 4.06. The van der Waals surface area contributed by atoms with Crippen LogP contribution in [0.2, 0.25) is 0 Å². The highest BCUT2D eigenvalue weighted by molar-refractivity contribution is 7.93. The molecule has 0 fully saturated rings. The van der Waals surface area contributed by atoms with Crippen LogP contribution in [0, 0.1) is 11.6 Å². The van der Waals surface area contributed by atoms with E-state index >= 15 is 0 Å². The minimum absolute atomic E-state index is 0.132. The molecule has 12 heteroatoms. The molecule has 1 aromatic heterocycles. The van der Waals surface area contributed by atoms with Gasteiger partial charge < -0.3 is 4.74 Å². The number of ether oxygens (including phenoxy) is 1. The molecule has 0 atom stereocenters. The van der Waals surface area contributed by atoms with E-state index in [2.05, 4.69) is 4.74 Å². The number of hydrogen-bond donors (Lipinski definition) is 1. The van der Waals surface area contributed by atoms with Crippen LogP contribution < -0.4 is 4.72 Å². The van der Waals surface area contributed by atoms with Crippen LogP contribution in [-0.2, 0) is 24.6 Å². The van der Waals surface area contributed by atoms with Gasteiger partial charge >= 0.3 is 5.97 Å². The predicted octanol–water partition coefficient (Wildman–Crippen LogP) is 3.45. The van der Waals surface area contributed by atoms with Crippen molar-refractivity contribution in [1.82, 2.24) is 0 Å². The first kappa shape index (κ1) is 21.9. The van der Waals surface area contributed by atoms with E-state index in [0.29, 0.717) is 23.5 Å². The van der Waals surface area contributed by atoms with Crippen LogP contribution in [0.5, 0.6) is 0 Å². The molecule has 0 bridgehead atoms. The first-order valence-corrected chi connectivity index (χ1v) is 11.9. The topological polar surface area (TPSA) is 107 Å². The fourth-order valence-electron chi connectivity index (χ4n) is 2.44. The average molecular weight is 474 g/mol. The van der Waals surface area contributed by atoms with Crippen LogP contribution in [-0.4, -0.2) is 29.9 Å². The molecule has 3 aromatic rings. The summed E-state index contributed by atoms with van der Waals surface area (Å²) in [4.78, 5) is 10.5. The summed E-state index contributed by atoms with van der Waals surface area (Å²) in [5.41, 5.74) is -0.541. The van der Waals surface area contributed by atoms with Crippen molar-refractivity contribution in [3.05, 3.63) is 70.4 Å². The number of methoxy groups -OCH3 is 1. The van der Waals surface area contributed by atoms with Crippen molar-refractivity contribution < 1.29 is 35.1 Å². The van der Waals surface area contributed by atoms with Crippen molar-refractivity contribution in [3.8, 4) is 0 Å².